The number of imidazole rings is 2. The molecule has 0 aliphatic heterocycles. The van der Waals surface area contributed by atoms with Crippen LogP contribution in [0.15, 0.2) is 42.5 Å². The SMILES string of the molecule is Oc1cccc2[nH]c(Oc3nc4ccccc4[nH]3)nc12. The molecule has 0 spiro atoms. The first-order valence-corrected chi connectivity index (χ1v) is 6.10. The summed E-state index contributed by atoms with van der Waals surface area (Å²) in [6, 6.07) is 13.4. The summed E-state index contributed by atoms with van der Waals surface area (Å²) in [5.41, 5.74) is 2.89. The highest BCUT2D eigenvalue weighted by Gasteiger charge is 2.10. The number of phenols is 1. The molecule has 98 valence electrons. The highest BCUT2D eigenvalue weighted by Crippen LogP contribution is 2.26. The molecular formula is C14H10N4O2. The van der Waals surface area contributed by atoms with E-state index in [1.165, 1.54) is 0 Å². The van der Waals surface area contributed by atoms with E-state index in [0.717, 1.165) is 11.0 Å². The summed E-state index contributed by atoms with van der Waals surface area (Å²) < 4.78 is 5.56. The van der Waals surface area contributed by atoms with Crippen LogP contribution in [-0.4, -0.2) is 25.0 Å². The van der Waals surface area contributed by atoms with Gasteiger partial charge < -0.3 is 19.8 Å². The first-order valence-electron chi connectivity index (χ1n) is 6.10. The molecule has 20 heavy (non-hydrogen) atoms. The minimum Gasteiger partial charge on any atom is -0.506 e. The summed E-state index contributed by atoms with van der Waals surface area (Å²) in [5.74, 6) is 0.109. The molecular weight excluding hydrogens is 256 g/mol. The van der Waals surface area contributed by atoms with E-state index in [1.54, 1.807) is 12.1 Å². The second-order valence-electron chi connectivity index (χ2n) is 4.38. The van der Waals surface area contributed by atoms with Crippen LogP contribution in [0.5, 0.6) is 17.8 Å². The molecule has 0 atom stereocenters. The van der Waals surface area contributed by atoms with Crippen LogP contribution in [0, 0.1) is 0 Å². The van der Waals surface area contributed by atoms with Crippen LogP contribution in [0.2, 0.25) is 0 Å². The first-order chi connectivity index (χ1) is 9.79. The van der Waals surface area contributed by atoms with Gasteiger partial charge in [-0.15, -0.1) is 0 Å². The standard InChI is InChI=1S/C14H10N4O2/c19-11-7-3-6-10-12(11)18-14(17-10)20-13-15-8-4-1-2-5-9(8)16-13/h1-7,19H,(H,15,16)(H,17,18). The zero-order valence-corrected chi connectivity index (χ0v) is 10.3. The number of aromatic hydroxyl groups is 1. The second kappa shape index (κ2) is 3.99. The number of H-pyrrole nitrogens is 2. The normalized spacial score (nSPS) is 11.2. The van der Waals surface area contributed by atoms with E-state index in [1.807, 2.05) is 30.3 Å². The largest absolute Gasteiger partial charge is 0.506 e. The van der Waals surface area contributed by atoms with Crippen LogP contribution in [-0.2, 0) is 0 Å². The monoisotopic (exact) mass is 266 g/mol. The van der Waals surface area contributed by atoms with Gasteiger partial charge >= 0.3 is 12.0 Å². The Morgan fingerprint density at radius 2 is 1.60 bits per heavy atom. The fourth-order valence-electron chi connectivity index (χ4n) is 2.11. The number of aromatic amines is 2. The van der Waals surface area contributed by atoms with Crippen molar-refractivity contribution in [3.63, 3.8) is 0 Å². The molecule has 2 heterocycles. The van der Waals surface area contributed by atoms with Gasteiger partial charge in [-0.1, -0.05) is 18.2 Å². The fourth-order valence-corrected chi connectivity index (χ4v) is 2.11. The van der Waals surface area contributed by atoms with Crippen molar-refractivity contribution in [2.75, 3.05) is 0 Å². The number of hydrogen-bond acceptors (Lipinski definition) is 4. The lowest BCUT2D eigenvalue weighted by Gasteiger charge is -1.94. The number of hydrogen-bond donors (Lipinski definition) is 3. The fraction of sp³-hybridized carbons (Fsp3) is 0. The third kappa shape index (κ3) is 1.66. The highest BCUT2D eigenvalue weighted by molar-refractivity contribution is 5.82. The van der Waals surface area contributed by atoms with Gasteiger partial charge in [0.05, 0.1) is 16.6 Å². The van der Waals surface area contributed by atoms with Crippen molar-refractivity contribution < 1.29 is 9.84 Å². The molecule has 2 aromatic heterocycles. The van der Waals surface area contributed by atoms with Crippen LogP contribution >= 0.6 is 0 Å². The molecule has 4 rings (SSSR count). The average Bonchev–Trinajstić information content (AvgIpc) is 3.02. The molecule has 0 aliphatic carbocycles. The topological polar surface area (TPSA) is 86.8 Å². The summed E-state index contributed by atoms with van der Waals surface area (Å²) in [7, 11) is 0. The number of nitrogens with zero attached hydrogens (tertiary/aromatic N) is 2. The minimum absolute atomic E-state index is 0.109. The second-order valence-corrected chi connectivity index (χ2v) is 4.38. The molecule has 0 radical (unpaired) electrons. The molecule has 6 heteroatoms. The maximum Gasteiger partial charge on any atom is 0.302 e. The van der Waals surface area contributed by atoms with Gasteiger partial charge in [0.1, 0.15) is 11.3 Å². The molecule has 0 fully saturated rings. The van der Waals surface area contributed by atoms with Crippen molar-refractivity contribution >= 4 is 22.1 Å². The van der Waals surface area contributed by atoms with Crippen molar-refractivity contribution in [1.82, 2.24) is 19.9 Å². The molecule has 3 N–H and O–H groups in total. The van der Waals surface area contributed by atoms with E-state index < -0.39 is 0 Å². The van der Waals surface area contributed by atoms with E-state index in [0.29, 0.717) is 17.0 Å². The molecule has 0 saturated carbocycles. The summed E-state index contributed by atoms with van der Waals surface area (Å²) in [6.45, 7) is 0. The lowest BCUT2D eigenvalue weighted by Crippen LogP contribution is -1.87. The summed E-state index contributed by atoms with van der Waals surface area (Å²) in [6.07, 6.45) is 0. The van der Waals surface area contributed by atoms with E-state index in [2.05, 4.69) is 19.9 Å². The molecule has 0 amide bonds. The van der Waals surface area contributed by atoms with Gasteiger partial charge in [0.15, 0.2) is 0 Å². The van der Waals surface area contributed by atoms with Gasteiger partial charge in [-0.3, -0.25) is 0 Å². The Morgan fingerprint density at radius 3 is 2.45 bits per heavy atom. The third-order valence-electron chi connectivity index (χ3n) is 3.03. The van der Waals surface area contributed by atoms with Crippen molar-refractivity contribution in [3.05, 3.63) is 42.5 Å². The maximum absolute atomic E-state index is 9.70. The Hall–Kier alpha value is -3.02. The van der Waals surface area contributed by atoms with Crippen molar-refractivity contribution in [2.45, 2.75) is 0 Å². The quantitative estimate of drug-likeness (QED) is 0.520. The van der Waals surface area contributed by atoms with Crippen molar-refractivity contribution in [1.29, 1.82) is 0 Å². The molecule has 0 saturated heterocycles. The number of para-hydroxylation sites is 3. The summed E-state index contributed by atoms with van der Waals surface area (Å²) >= 11 is 0. The summed E-state index contributed by atoms with van der Waals surface area (Å²) in [4.78, 5) is 14.5. The molecule has 0 bridgehead atoms. The average molecular weight is 266 g/mol. The Balaban J connectivity index is 1.74. The van der Waals surface area contributed by atoms with Gasteiger partial charge in [0.2, 0.25) is 0 Å². The Labute approximate surface area is 113 Å². The Kier molecular flexibility index (Phi) is 2.17. The minimum atomic E-state index is 0.109. The number of rotatable bonds is 2. The zero-order chi connectivity index (χ0) is 13.5. The van der Waals surface area contributed by atoms with E-state index in [-0.39, 0.29) is 11.8 Å². The zero-order valence-electron chi connectivity index (χ0n) is 10.3. The van der Waals surface area contributed by atoms with Crippen molar-refractivity contribution in [3.8, 4) is 17.8 Å². The van der Waals surface area contributed by atoms with Gasteiger partial charge in [-0.05, 0) is 24.3 Å². The van der Waals surface area contributed by atoms with Gasteiger partial charge in [-0.25, -0.2) is 0 Å². The molecule has 6 nitrogen and oxygen atoms in total. The third-order valence-corrected chi connectivity index (χ3v) is 3.03. The predicted octanol–water partition coefficient (Wildman–Crippen LogP) is 2.94. The molecule has 0 aliphatic rings. The smallest absolute Gasteiger partial charge is 0.302 e. The molecule has 4 aromatic rings. The van der Waals surface area contributed by atoms with Crippen LogP contribution in [0.1, 0.15) is 0 Å². The van der Waals surface area contributed by atoms with E-state index >= 15 is 0 Å². The first kappa shape index (κ1) is 10.9. The van der Waals surface area contributed by atoms with Gasteiger partial charge in [-0.2, -0.15) is 9.97 Å². The van der Waals surface area contributed by atoms with Gasteiger partial charge in [0.25, 0.3) is 0 Å². The maximum atomic E-state index is 9.70. The van der Waals surface area contributed by atoms with E-state index in [9.17, 15) is 5.11 Å². The highest BCUT2D eigenvalue weighted by atomic mass is 16.5. The number of aromatic nitrogens is 4. The number of nitrogens with one attached hydrogen (secondary N) is 2. The van der Waals surface area contributed by atoms with Crippen molar-refractivity contribution in [2.24, 2.45) is 0 Å². The predicted molar refractivity (Wildman–Crippen MR) is 73.9 cm³/mol. The van der Waals surface area contributed by atoms with Crippen LogP contribution in [0.25, 0.3) is 22.1 Å². The lowest BCUT2D eigenvalue weighted by molar-refractivity contribution is 0.419. The van der Waals surface area contributed by atoms with Crippen LogP contribution in [0.3, 0.4) is 0 Å². The summed E-state index contributed by atoms with van der Waals surface area (Å²) in [5, 5.41) is 9.70. The van der Waals surface area contributed by atoms with Crippen LogP contribution in [0.4, 0.5) is 0 Å². The number of fused-ring (bicyclic) bond motifs is 2. The lowest BCUT2D eigenvalue weighted by atomic mass is 10.3. The molecule has 0 unspecified atom stereocenters. The van der Waals surface area contributed by atoms with Crippen LogP contribution < -0.4 is 4.74 Å². The Bertz CT molecular complexity index is 877. The Morgan fingerprint density at radius 1 is 0.850 bits per heavy atom. The number of ether oxygens (including phenoxy) is 1. The van der Waals surface area contributed by atoms with E-state index in [4.69, 9.17) is 4.74 Å². The number of phenolic OH excluding ortho intramolecular Hbond substituents is 1. The number of benzene rings is 2. The van der Waals surface area contributed by atoms with Gasteiger partial charge in [0, 0.05) is 0 Å². The molecule has 2 aromatic carbocycles.